The van der Waals surface area contributed by atoms with Gasteiger partial charge < -0.3 is 28.7 Å². The summed E-state index contributed by atoms with van der Waals surface area (Å²) < 4.78 is 23.6. The van der Waals surface area contributed by atoms with Gasteiger partial charge in [-0.2, -0.15) is 0 Å². The number of amides is 1. The van der Waals surface area contributed by atoms with Crippen LogP contribution in [0.15, 0.2) is 30.3 Å². The maximum atomic E-state index is 12.9. The molecule has 7 nitrogen and oxygen atoms in total. The molecule has 1 atom stereocenters. The maximum absolute atomic E-state index is 12.9. The van der Waals surface area contributed by atoms with E-state index in [4.69, 9.17) is 18.9 Å². The number of nitrogens with zero attached hydrogens (tertiary/aromatic N) is 2. The molecule has 5 rings (SSSR count). The average Bonchev–Trinajstić information content (AvgIpc) is 3.73. The predicted octanol–water partition coefficient (Wildman–Crippen LogP) is 4.22. The summed E-state index contributed by atoms with van der Waals surface area (Å²) in [4.78, 5) is 17.2. The fourth-order valence-electron chi connectivity index (χ4n) is 5.17. The Labute approximate surface area is 207 Å². The van der Waals surface area contributed by atoms with Gasteiger partial charge in [-0.1, -0.05) is 6.07 Å². The van der Waals surface area contributed by atoms with Crippen molar-refractivity contribution >= 4 is 5.91 Å². The molecular formula is C28H36N2O5. The first-order valence-corrected chi connectivity index (χ1v) is 12.7. The quantitative estimate of drug-likeness (QED) is 0.591. The number of fused-ring (bicyclic) bond motifs is 1. The van der Waals surface area contributed by atoms with E-state index in [0.29, 0.717) is 43.7 Å². The molecule has 0 spiro atoms. The maximum Gasteiger partial charge on any atom is 0.226 e. The standard InChI is InChI=1S/C28H36N2O5/c1-29-10-4-5-19(16-29)18-35-26-15-22(21-8-9-24(32-2)25(14-21)33-3)13-23-17-30(11-12-34-27(23)26)28(31)20-6-7-20/h8-9,13-15,19-20H,4-7,10-12,16-18H2,1-3H3. The fourth-order valence-corrected chi connectivity index (χ4v) is 5.17. The summed E-state index contributed by atoms with van der Waals surface area (Å²) in [6.45, 7) is 4.46. The molecule has 1 amide bonds. The van der Waals surface area contributed by atoms with Crippen molar-refractivity contribution in [3.8, 4) is 34.1 Å². The Morgan fingerprint density at radius 2 is 1.80 bits per heavy atom. The highest BCUT2D eigenvalue weighted by atomic mass is 16.5. The van der Waals surface area contributed by atoms with Crippen LogP contribution in [0.25, 0.3) is 11.1 Å². The van der Waals surface area contributed by atoms with Crippen LogP contribution in [0.3, 0.4) is 0 Å². The molecule has 0 aromatic heterocycles. The van der Waals surface area contributed by atoms with Crippen LogP contribution >= 0.6 is 0 Å². The van der Waals surface area contributed by atoms with Crippen LogP contribution in [0, 0.1) is 11.8 Å². The second-order valence-electron chi connectivity index (χ2n) is 10.00. The van der Waals surface area contributed by atoms with Gasteiger partial charge in [-0.15, -0.1) is 0 Å². The lowest BCUT2D eigenvalue weighted by Gasteiger charge is -2.29. The van der Waals surface area contributed by atoms with Crippen molar-refractivity contribution in [2.75, 3.05) is 54.1 Å². The van der Waals surface area contributed by atoms with Crippen molar-refractivity contribution in [3.05, 3.63) is 35.9 Å². The third-order valence-corrected chi connectivity index (χ3v) is 7.25. The minimum Gasteiger partial charge on any atom is -0.493 e. The lowest BCUT2D eigenvalue weighted by molar-refractivity contribution is -0.133. The second-order valence-corrected chi connectivity index (χ2v) is 10.00. The lowest BCUT2D eigenvalue weighted by Crippen LogP contribution is -2.34. The molecule has 2 aliphatic heterocycles. The molecule has 3 aliphatic rings. The minimum absolute atomic E-state index is 0.185. The van der Waals surface area contributed by atoms with Crippen LogP contribution in [-0.4, -0.2) is 69.8 Å². The van der Waals surface area contributed by atoms with Crippen LogP contribution in [-0.2, 0) is 11.3 Å². The molecule has 2 fully saturated rings. The van der Waals surface area contributed by atoms with E-state index in [1.54, 1.807) is 14.2 Å². The van der Waals surface area contributed by atoms with E-state index in [1.807, 2.05) is 23.1 Å². The van der Waals surface area contributed by atoms with E-state index in [0.717, 1.165) is 54.1 Å². The molecule has 1 unspecified atom stereocenters. The van der Waals surface area contributed by atoms with E-state index < -0.39 is 0 Å². The highest BCUT2D eigenvalue weighted by molar-refractivity contribution is 5.81. The van der Waals surface area contributed by atoms with E-state index in [1.165, 1.54) is 12.8 Å². The number of methoxy groups -OCH3 is 2. The van der Waals surface area contributed by atoms with E-state index >= 15 is 0 Å². The number of hydrogen-bond donors (Lipinski definition) is 0. The summed E-state index contributed by atoms with van der Waals surface area (Å²) in [5.74, 6) is 3.80. The van der Waals surface area contributed by atoms with E-state index in [2.05, 4.69) is 24.1 Å². The van der Waals surface area contributed by atoms with Crippen LogP contribution in [0.4, 0.5) is 0 Å². The fraction of sp³-hybridized carbons (Fsp3) is 0.536. The summed E-state index contributed by atoms with van der Waals surface area (Å²) in [6.07, 6.45) is 4.37. The van der Waals surface area contributed by atoms with Crippen molar-refractivity contribution in [2.45, 2.75) is 32.2 Å². The number of piperidine rings is 1. The first-order valence-electron chi connectivity index (χ1n) is 12.7. The van der Waals surface area contributed by atoms with Crippen LogP contribution in [0.1, 0.15) is 31.2 Å². The summed E-state index contributed by atoms with van der Waals surface area (Å²) in [7, 11) is 5.45. The molecule has 188 valence electrons. The molecule has 35 heavy (non-hydrogen) atoms. The molecule has 7 heteroatoms. The number of carbonyl (C=O) groups is 1. The Kier molecular flexibility index (Phi) is 7.04. The SMILES string of the molecule is COc1ccc(-c2cc3c(c(OCC4CCCN(C)C4)c2)OCCN(C(=O)C2CC2)C3)cc1OC. The van der Waals surface area contributed by atoms with Gasteiger partial charge in [-0.3, -0.25) is 4.79 Å². The normalized spacial score (nSPS) is 20.4. The van der Waals surface area contributed by atoms with Gasteiger partial charge in [-0.05, 0) is 74.7 Å². The second kappa shape index (κ2) is 10.4. The molecule has 0 radical (unpaired) electrons. The molecule has 1 saturated carbocycles. The molecule has 2 heterocycles. The van der Waals surface area contributed by atoms with E-state index in [9.17, 15) is 4.79 Å². The number of ether oxygens (including phenoxy) is 4. The molecule has 0 bridgehead atoms. The van der Waals surface area contributed by atoms with Gasteiger partial charge >= 0.3 is 0 Å². The molecule has 1 aliphatic carbocycles. The highest BCUT2D eigenvalue weighted by Gasteiger charge is 2.35. The largest absolute Gasteiger partial charge is 0.493 e. The number of benzene rings is 2. The van der Waals surface area contributed by atoms with Crippen LogP contribution in [0.2, 0.25) is 0 Å². The van der Waals surface area contributed by atoms with E-state index in [-0.39, 0.29) is 11.8 Å². The average molecular weight is 481 g/mol. The van der Waals surface area contributed by atoms with Crippen molar-refractivity contribution in [2.24, 2.45) is 11.8 Å². The molecular weight excluding hydrogens is 444 g/mol. The van der Waals surface area contributed by atoms with Gasteiger partial charge in [0, 0.05) is 30.5 Å². The van der Waals surface area contributed by atoms with Crippen molar-refractivity contribution in [1.82, 2.24) is 9.80 Å². The Hall–Kier alpha value is -2.93. The Morgan fingerprint density at radius 1 is 1.00 bits per heavy atom. The third kappa shape index (κ3) is 5.35. The summed E-state index contributed by atoms with van der Waals surface area (Å²) in [5, 5.41) is 0. The van der Waals surface area contributed by atoms with Crippen molar-refractivity contribution in [3.63, 3.8) is 0 Å². The predicted molar refractivity (Wildman–Crippen MR) is 134 cm³/mol. The topological polar surface area (TPSA) is 60.5 Å². The van der Waals surface area contributed by atoms with Crippen molar-refractivity contribution in [1.29, 1.82) is 0 Å². The molecule has 2 aromatic rings. The highest BCUT2D eigenvalue weighted by Crippen LogP contribution is 2.41. The van der Waals surface area contributed by atoms with Crippen LogP contribution < -0.4 is 18.9 Å². The minimum atomic E-state index is 0.185. The number of rotatable bonds is 7. The Bertz CT molecular complexity index is 1070. The zero-order chi connectivity index (χ0) is 24.4. The summed E-state index contributed by atoms with van der Waals surface area (Å²) >= 11 is 0. The number of likely N-dealkylation sites (tertiary alicyclic amines) is 1. The Morgan fingerprint density at radius 3 is 2.54 bits per heavy atom. The lowest BCUT2D eigenvalue weighted by atomic mass is 9.99. The van der Waals surface area contributed by atoms with Gasteiger partial charge in [0.1, 0.15) is 6.61 Å². The van der Waals surface area contributed by atoms with Crippen molar-refractivity contribution < 1.29 is 23.7 Å². The first-order chi connectivity index (χ1) is 17.1. The third-order valence-electron chi connectivity index (χ3n) is 7.25. The first kappa shape index (κ1) is 23.8. The molecule has 1 saturated heterocycles. The van der Waals surface area contributed by atoms with Gasteiger partial charge in [0.2, 0.25) is 5.91 Å². The molecule has 2 aromatic carbocycles. The van der Waals surface area contributed by atoms with Gasteiger partial charge in [-0.25, -0.2) is 0 Å². The zero-order valence-corrected chi connectivity index (χ0v) is 21.0. The number of carbonyl (C=O) groups excluding carboxylic acids is 1. The number of hydrogen-bond acceptors (Lipinski definition) is 6. The smallest absolute Gasteiger partial charge is 0.226 e. The molecule has 0 N–H and O–H groups in total. The Balaban J connectivity index is 1.48. The summed E-state index contributed by atoms with van der Waals surface area (Å²) in [6, 6.07) is 10.1. The van der Waals surface area contributed by atoms with Crippen LogP contribution in [0.5, 0.6) is 23.0 Å². The van der Waals surface area contributed by atoms with Gasteiger partial charge in [0.25, 0.3) is 0 Å². The monoisotopic (exact) mass is 480 g/mol. The van der Waals surface area contributed by atoms with Gasteiger partial charge in [0.05, 0.1) is 27.4 Å². The van der Waals surface area contributed by atoms with Gasteiger partial charge in [0.15, 0.2) is 23.0 Å². The summed E-state index contributed by atoms with van der Waals surface area (Å²) in [5.41, 5.74) is 2.99. The zero-order valence-electron chi connectivity index (χ0n) is 21.0.